The van der Waals surface area contributed by atoms with Crippen LogP contribution in [0.25, 0.3) is 0 Å². The van der Waals surface area contributed by atoms with Crippen LogP contribution in [-0.2, 0) is 12.8 Å². The average Bonchev–Trinajstić information content (AvgIpc) is 2.77. The Hall–Kier alpha value is -1.26. The molecule has 0 saturated heterocycles. The molecule has 2 aromatic rings. The van der Waals surface area contributed by atoms with Crippen LogP contribution in [-0.4, -0.2) is 6.04 Å². The van der Waals surface area contributed by atoms with E-state index in [1.54, 1.807) is 17.4 Å². The van der Waals surface area contributed by atoms with Crippen LogP contribution >= 0.6 is 11.3 Å². The Morgan fingerprint density at radius 2 is 1.94 bits per heavy atom. The highest BCUT2D eigenvalue weighted by atomic mass is 32.1. The van der Waals surface area contributed by atoms with Gasteiger partial charge in [0.1, 0.15) is 0 Å². The van der Waals surface area contributed by atoms with Crippen molar-refractivity contribution < 1.29 is 8.78 Å². The standard InChI is InChI=1S/C13H13F2NS/c14-12-5-1-3-9(13(12)15)7-10(16)8-11-4-2-6-17-11/h1-6,10H,7-8,16H2. The topological polar surface area (TPSA) is 26.0 Å². The summed E-state index contributed by atoms with van der Waals surface area (Å²) in [5, 5.41) is 1.98. The Bertz CT molecular complexity index is 482. The molecule has 1 atom stereocenters. The van der Waals surface area contributed by atoms with E-state index in [9.17, 15) is 8.78 Å². The van der Waals surface area contributed by atoms with Crippen LogP contribution in [0, 0.1) is 11.6 Å². The van der Waals surface area contributed by atoms with E-state index in [-0.39, 0.29) is 6.04 Å². The molecule has 1 heterocycles. The van der Waals surface area contributed by atoms with Crippen molar-refractivity contribution in [3.05, 3.63) is 57.8 Å². The van der Waals surface area contributed by atoms with E-state index in [2.05, 4.69) is 0 Å². The molecule has 0 aliphatic heterocycles. The second-order valence-electron chi connectivity index (χ2n) is 3.96. The minimum Gasteiger partial charge on any atom is -0.327 e. The van der Waals surface area contributed by atoms with Crippen molar-refractivity contribution in [2.24, 2.45) is 5.73 Å². The van der Waals surface area contributed by atoms with Crippen LogP contribution in [0.15, 0.2) is 35.7 Å². The third-order valence-electron chi connectivity index (χ3n) is 2.56. The summed E-state index contributed by atoms with van der Waals surface area (Å²) in [6.07, 6.45) is 1.04. The summed E-state index contributed by atoms with van der Waals surface area (Å²) < 4.78 is 26.4. The van der Waals surface area contributed by atoms with Crippen molar-refractivity contribution in [3.8, 4) is 0 Å². The largest absolute Gasteiger partial charge is 0.327 e. The third-order valence-corrected chi connectivity index (χ3v) is 3.46. The van der Waals surface area contributed by atoms with Crippen LogP contribution in [0.5, 0.6) is 0 Å². The molecule has 1 aromatic heterocycles. The Labute approximate surface area is 103 Å². The van der Waals surface area contributed by atoms with Gasteiger partial charge in [0, 0.05) is 10.9 Å². The second-order valence-corrected chi connectivity index (χ2v) is 4.99. The van der Waals surface area contributed by atoms with Gasteiger partial charge in [0.2, 0.25) is 0 Å². The first kappa shape index (κ1) is 12.2. The SMILES string of the molecule is NC(Cc1cccs1)Cc1cccc(F)c1F. The van der Waals surface area contributed by atoms with E-state index in [0.29, 0.717) is 18.4 Å². The Kier molecular flexibility index (Phi) is 3.86. The van der Waals surface area contributed by atoms with Crippen molar-refractivity contribution in [2.45, 2.75) is 18.9 Å². The highest BCUT2D eigenvalue weighted by Crippen LogP contribution is 2.16. The van der Waals surface area contributed by atoms with E-state index in [4.69, 9.17) is 5.73 Å². The molecule has 1 unspecified atom stereocenters. The molecule has 0 spiro atoms. The van der Waals surface area contributed by atoms with Gasteiger partial charge in [0.15, 0.2) is 11.6 Å². The number of thiophene rings is 1. The molecule has 0 aliphatic rings. The molecule has 2 rings (SSSR count). The number of hydrogen-bond acceptors (Lipinski definition) is 2. The lowest BCUT2D eigenvalue weighted by molar-refractivity contribution is 0.493. The van der Waals surface area contributed by atoms with E-state index in [0.717, 1.165) is 10.9 Å². The molecule has 0 radical (unpaired) electrons. The lowest BCUT2D eigenvalue weighted by Gasteiger charge is -2.11. The van der Waals surface area contributed by atoms with E-state index in [1.165, 1.54) is 6.07 Å². The summed E-state index contributed by atoms with van der Waals surface area (Å²) in [7, 11) is 0. The smallest absolute Gasteiger partial charge is 0.162 e. The van der Waals surface area contributed by atoms with Gasteiger partial charge in [-0.3, -0.25) is 0 Å². The Balaban J connectivity index is 2.03. The van der Waals surface area contributed by atoms with Crippen LogP contribution in [0.4, 0.5) is 8.78 Å². The van der Waals surface area contributed by atoms with Gasteiger partial charge in [-0.2, -0.15) is 0 Å². The van der Waals surface area contributed by atoms with E-state index >= 15 is 0 Å². The maximum atomic E-state index is 13.4. The van der Waals surface area contributed by atoms with Gasteiger partial charge in [-0.1, -0.05) is 18.2 Å². The van der Waals surface area contributed by atoms with Gasteiger partial charge < -0.3 is 5.73 Å². The molecule has 4 heteroatoms. The van der Waals surface area contributed by atoms with Crippen molar-refractivity contribution in [2.75, 3.05) is 0 Å². The van der Waals surface area contributed by atoms with Crippen molar-refractivity contribution in [1.82, 2.24) is 0 Å². The molecule has 0 fully saturated rings. The van der Waals surface area contributed by atoms with Crippen LogP contribution < -0.4 is 5.73 Å². The molecule has 1 aromatic carbocycles. The molecule has 90 valence electrons. The summed E-state index contributed by atoms with van der Waals surface area (Å²) >= 11 is 1.62. The van der Waals surface area contributed by atoms with Gasteiger partial charge >= 0.3 is 0 Å². The van der Waals surface area contributed by atoms with Gasteiger partial charge in [-0.15, -0.1) is 11.3 Å². The first-order valence-electron chi connectivity index (χ1n) is 5.37. The molecule has 0 bridgehead atoms. The average molecular weight is 253 g/mol. The predicted octanol–water partition coefficient (Wildman–Crippen LogP) is 3.14. The summed E-state index contributed by atoms with van der Waals surface area (Å²) in [6, 6.07) is 7.95. The van der Waals surface area contributed by atoms with Gasteiger partial charge in [-0.05, 0) is 35.9 Å². The summed E-state index contributed by atoms with van der Waals surface area (Å²) in [5.74, 6) is -1.60. The first-order chi connectivity index (χ1) is 8.16. The Morgan fingerprint density at radius 3 is 2.65 bits per heavy atom. The minimum atomic E-state index is -0.814. The molecule has 0 amide bonds. The van der Waals surface area contributed by atoms with Crippen molar-refractivity contribution >= 4 is 11.3 Å². The number of hydrogen-bond donors (Lipinski definition) is 1. The number of rotatable bonds is 4. The quantitative estimate of drug-likeness (QED) is 0.890. The van der Waals surface area contributed by atoms with Gasteiger partial charge in [0.05, 0.1) is 0 Å². The van der Waals surface area contributed by atoms with Crippen LogP contribution in [0.1, 0.15) is 10.4 Å². The zero-order valence-electron chi connectivity index (χ0n) is 9.20. The monoisotopic (exact) mass is 253 g/mol. The van der Waals surface area contributed by atoms with E-state index < -0.39 is 11.6 Å². The molecule has 0 aliphatic carbocycles. The molecular weight excluding hydrogens is 240 g/mol. The zero-order valence-corrected chi connectivity index (χ0v) is 10.0. The lowest BCUT2D eigenvalue weighted by atomic mass is 10.0. The van der Waals surface area contributed by atoms with Crippen molar-refractivity contribution in [3.63, 3.8) is 0 Å². The summed E-state index contributed by atoms with van der Waals surface area (Å²) in [6.45, 7) is 0. The van der Waals surface area contributed by atoms with Crippen molar-refractivity contribution in [1.29, 1.82) is 0 Å². The van der Waals surface area contributed by atoms with Crippen LogP contribution in [0.3, 0.4) is 0 Å². The highest BCUT2D eigenvalue weighted by Gasteiger charge is 2.12. The molecule has 2 N–H and O–H groups in total. The number of halogens is 2. The minimum absolute atomic E-state index is 0.190. The highest BCUT2D eigenvalue weighted by molar-refractivity contribution is 7.09. The van der Waals surface area contributed by atoms with Crippen LogP contribution in [0.2, 0.25) is 0 Å². The molecule has 17 heavy (non-hydrogen) atoms. The first-order valence-corrected chi connectivity index (χ1v) is 6.25. The number of nitrogens with two attached hydrogens (primary N) is 1. The molecule has 1 nitrogen and oxygen atoms in total. The maximum Gasteiger partial charge on any atom is 0.162 e. The molecular formula is C13H13F2NS. The fourth-order valence-electron chi connectivity index (χ4n) is 1.75. The summed E-state index contributed by atoms with van der Waals surface area (Å²) in [4.78, 5) is 1.16. The Morgan fingerprint density at radius 1 is 1.12 bits per heavy atom. The lowest BCUT2D eigenvalue weighted by Crippen LogP contribution is -2.25. The van der Waals surface area contributed by atoms with Gasteiger partial charge in [-0.25, -0.2) is 8.78 Å². The van der Waals surface area contributed by atoms with E-state index in [1.807, 2.05) is 17.5 Å². The zero-order chi connectivity index (χ0) is 12.3. The molecule has 0 saturated carbocycles. The number of benzene rings is 1. The van der Waals surface area contributed by atoms with Gasteiger partial charge in [0.25, 0.3) is 0 Å². The normalized spacial score (nSPS) is 12.6. The second kappa shape index (κ2) is 5.38. The fraction of sp³-hybridized carbons (Fsp3) is 0.231. The fourth-order valence-corrected chi connectivity index (χ4v) is 2.55. The summed E-state index contributed by atoms with van der Waals surface area (Å²) in [5.41, 5.74) is 6.28. The third kappa shape index (κ3) is 3.11. The maximum absolute atomic E-state index is 13.4. The predicted molar refractivity (Wildman–Crippen MR) is 66.1 cm³/mol.